The molecule has 0 saturated heterocycles. The summed E-state index contributed by atoms with van der Waals surface area (Å²) >= 11 is 0. The van der Waals surface area contributed by atoms with Gasteiger partial charge in [0.25, 0.3) is 5.56 Å². The number of nitrogens with zero attached hydrogens (tertiary/aromatic N) is 2. The van der Waals surface area contributed by atoms with E-state index >= 15 is 0 Å². The predicted octanol–water partition coefficient (Wildman–Crippen LogP) is 1.45. The minimum Gasteiger partial charge on any atom is -0.313 e. The molecule has 2 N–H and O–H groups in total. The third-order valence-electron chi connectivity index (χ3n) is 3.68. The van der Waals surface area contributed by atoms with E-state index in [-0.39, 0.29) is 5.56 Å². The quantitative estimate of drug-likeness (QED) is 0.830. The van der Waals surface area contributed by atoms with Gasteiger partial charge >= 0.3 is 5.69 Å². The molecule has 2 aromatic rings. The second kappa shape index (κ2) is 4.97. The van der Waals surface area contributed by atoms with Crippen LogP contribution < -0.4 is 11.2 Å². The fourth-order valence-corrected chi connectivity index (χ4v) is 2.44. The van der Waals surface area contributed by atoms with E-state index in [9.17, 15) is 9.59 Å². The molecule has 0 aliphatic heterocycles. The molecule has 0 amide bonds. The summed E-state index contributed by atoms with van der Waals surface area (Å²) in [4.78, 5) is 27.5. The molecule has 1 aliphatic rings. The summed E-state index contributed by atoms with van der Waals surface area (Å²) < 4.78 is 0. The molecule has 2 heterocycles. The highest BCUT2D eigenvalue weighted by Crippen LogP contribution is 2.49. The number of nitrogens with one attached hydrogen (secondary N) is 2. The summed E-state index contributed by atoms with van der Waals surface area (Å²) in [5, 5.41) is 8.16. The van der Waals surface area contributed by atoms with Crippen LogP contribution in [0.1, 0.15) is 23.6 Å². The number of allylic oxidation sites excluding steroid dienone is 1. The monoisotopic (exact) mass is 282 g/mol. The van der Waals surface area contributed by atoms with Gasteiger partial charge in [-0.25, -0.2) is 4.79 Å². The standard InChI is InChI=1S/C15H14N4O2/c1-3-8-5-9(8)10-6-13(19-18-12(10)4-2)11-7-16-15(21)17-14(11)20/h3-4,6-9H,1-2,5H2,(H2,16,17,20,21)/t8-,9-/m0/s1. The number of rotatable bonds is 4. The molecule has 6 heteroatoms. The average molecular weight is 282 g/mol. The van der Waals surface area contributed by atoms with E-state index in [4.69, 9.17) is 0 Å². The summed E-state index contributed by atoms with van der Waals surface area (Å²) in [7, 11) is 0. The van der Waals surface area contributed by atoms with Crippen LogP contribution in [-0.2, 0) is 0 Å². The molecular weight excluding hydrogens is 268 g/mol. The number of H-pyrrole nitrogens is 2. The molecule has 21 heavy (non-hydrogen) atoms. The molecule has 0 unspecified atom stereocenters. The van der Waals surface area contributed by atoms with Crippen molar-refractivity contribution < 1.29 is 0 Å². The van der Waals surface area contributed by atoms with Crippen molar-refractivity contribution in [3.8, 4) is 11.3 Å². The average Bonchev–Trinajstić information content (AvgIpc) is 3.26. The van der Waals surface area contributed by atoms with E-state index in [0.717, 1.165) is 12.0 Å². The minimum absolute atomic E-state index is 0.287. The third-order valence-corrected chi connectivity index (χ3v) is 3.68. The summed E-state index contributed by atoms with van der Waals surface area (Å²) in [6, 6.07) is 1.83. The third kappa shape index (κ3) is 2.35. The summed E-state index contributed by atoms with van der Waals surface area (Å²) in [5.74, 6) is 0.765. The van der Waals surface area contributed by atoms with Crippen LogP contribution in [0.15, 0.2) is 41.1 Å². The molecule has 2 atom stereocenters. The lowest BCUT2D eigenvalue weighted by atomic mass is 10.0. The van der Waals surface area contributed by atoms with Crippen LogP contribution in [-0.4, -0.2) is 20.2 Å². The molecule has 1 saturated carbocycles. The first-order chi connectivity index (χ1) is 10.1. The SMILES string of the molecule is C=Cc1nnc(-c2c[nH]c(=O)[nH]c2=O)cc1[C@H]1C[C@@H]1C=C. The van der Waals surface area contributed by atoms with Crippen LogP contribution in [0.25, 0.3) is 17.3 Å². The molecule has 2 aromatic heterocycles. The van der Waals surface area contributed by atoms with E-state index in [1.54, 1.807) is 6.08 Å². The zero-order chi connectivity index (χ0) is 15.0. The Bertz CT molecular complexity index is 834. The smallest absolute Gasteiger partial charge is 0.313 e. The first kappa shape index (κ1) is 13.2. The Morgan fingerprint density at radius 1 is 1.29 bits per heavy atom. The van der Waals surface area contributed by atoms with Crippen LogP contribution in [0.4, 0.5) is 0 Å². The first-order valence-corrected chi connectivity index (χ1v) is 6.59. The molecule has 0 spiro atoms. The summed E-state index contributed by atoms with van der Waals surface area (Å²) in [6.45, 7) is 7.54. The van der Waals surface area contributed by atoms with Crippen LogP contribution in [0, 0.1) is 5.92 Å². The van der Waals surface area contributed by atoms with Gasteiger partial charge < -0.3 is 4.98 Å². The molecule has 0 aromatic carbocycles. The van der Waals surface area contributed by atoms with Crippen molar-refractivity contribution in [1.29, 1.82) is 0 Å². The van der Waals surface area contributed by atoms with Gasteiger partial charge in [0.15, 0.2) is 0 Å². The maximum absolute atomic E-state index is 11.8. The summed E-state index contributed by atoms with van der Waals surface area (Å²) in [6.07, 6.45) is 5.93. The Morgan fingerprint density at radius 3 is 2.71 bits per heavy atom. The molecule has 0 bridgehead atoms. The van der Waals surface area contributed by atoms with Gasteiger partial charge in [0.05, 0.1) is 11.3 Å². The first-order valence-electron chi connectivity index (χ1n) is 6.59. The molecule has 3 rings (SSSR count). The van der Waals surface area contributed by atoms with Gasteiger partial charge in [-0.05, 0) is 36.0 Å². The molecule has 0 radical (unpaired) electrons. The van der Waals surface area contributed by atoms with Crippen LogP contribution in [0.5, 0.6) is 0 Å². The van der Waals surface area contributed by atoms with Gasteiger partial charge in [-0.2, -0.15) is 5.10 Å². The van der Waals surface area contributed by atoms with Gasteiger partial charge in [-0.1, -0.05) is 12.7 Å². The molecule has 106 valence electrons. The van der Waals surface area contributed by atoms with Crippen molar-refractivity contribution in [3.63, 3.8) is 0 Å². The van der Waals surface area contributed by atoms with E-state index < -0.39 is 11.2 Å². The largest absolute Gasteiger partial charge is 0.325 e. The van der Waals surface area contributed by atoms with Crippen LogP contribution >= 0.6 is 0 Å². The number of hydrogen-bond acceptors (Lipinski definition) is 4. The van der Waals surface area contributed by atoms with E-state index in [1.807, 2.05) is 12.1 Å². The number of hydrogen-bond donors (Lipinski definition) is 2. The topological polar surface area (TPSA) is 91.5 Å². The lowest BCUT2D eigenvalue weighted by Crippen LogP contribution is -2.23. The zero-order valence-electron chi connectivity index (χ0n) is 11.3. The Balaban J connectivity index is 2.10. The maximum Gasteiger partial charge on any atom is 0.325 e. The summed E-state index contributed by atoms with van der Waals surface area (Å²) in [5.41, 5.74) is 1.41. The van der Waals surface area contributed by atoms with Crippen molar-refractivity contribution in [3.05, 3.63) is 63.6 Å². The van der Waals surface area contributed by atoms with Crippen molar-refractivity contribution in [2.45, 2.75) is 12.3 Å². The minimum atomic E-state index is -0.548. The lowest BCUT2D eigenvalue weighted by Gasteiger charge is -2.06. The van der Waals surface area contributed by atoms with E-state index in [2.05, 4.69) is 33.3 Å². The number of aromatic amines is 2. The molecule has 6 nitrogen and oxygen atoms in total. The fourth-order valence-electron chi connectivity index (χ4n) is 2.44. The maximum atomic E-state index is 11.8. The van der Waals surface area contributed by atoms with Crippen LogP contribution in [0.3, 0.4) is 0 Å². The van der Waals surface area contributed by atoms with Gasteiger partial charge in [-0.3, -0.25) is 9.78 Å². The van der Waals surface area contributed by atoms with Gasteiger partial charge in [0.2, 0.25) is 0 Å². The Morgan fingerprint density at radius 2 is 2.10 bits per heavy atom. The molecular formula is C15H14N4O2. The normalized spacial score (nSPS) is 20.0. The Hall–Kier alpha value is -2.76. The van der Waals surface area contributed by atoms with Crippen molar-refractivity contribution in [2.24, 2.45) is 5.92 Å². The van der Waals surface area contributed by atoms with Gasteiger partial charge in [0, 0.05) is 6.20 Å². The molecule has 1 fully saturated rings. The highest BCUT2D eigenvalue weighted by molar-refractivity contribution is 5.60. The van der Waals surface area contributed by atoms with E-state index in [1.165, 1.54) is 6.20 Å². The Labute approximate surface area is 120 Å². The highest BCUT2D eigenvalue weighted by Gasteiger charge is 2.37. The second-order valence-electron chi connectivity index (χ2n) is 5.00. The highest BCUT2D eigenvalue weighted by atomic mass is 16.2. The second-order valence-corrected chi connectivity index (χ2v) is 5.00. The zero-order valence-corrected chi connectivity index (χ0v) is 11.3. The predicted molar refractivity (Wildman–Crippen MR) is 79.8 cm³/mol. The number of aromatic nitrogens is 4. The molecule has 1 aliphatic carbocycles. The van der Waals surface area contributed by atoms with Crippen LogP contribution in [0.2, 0.25) is 0 Å². The van der Waals surface area contributed by atoms with Crippen molar-refractivity contribution >= 4 is 6.08 Å². The Kier molecular flexibility index (Phi) is 3.13. The van der Waals surface area contributed by atoms with Crippen molar-refractivity contribution in [1.82, 2.24) is 20.2 Å². The van der Waals surface area contributed by atoms with Gasteiger partial charge in [-0.15, -0.1) is 11.7 Å². The lowest BCUT2D eigenvalue weighted by molar-refractivity contribution is 0.935. The van der Waals surface area contributed by atoms with Crippen molar-refractivity contribution in [2.75, 3.05) is 0 Å². The van der Waals surface area contributed by atoms with E-state index in [0.29, 0.717) is 23.2 Å². The fraction of sp³-hybridized carbons (Fsp3) is 0.200. The van der Waals surface area contributed by atoms with Gasteiger partial charge in [0.1, 0.15) is 5.69 Å².